The minimum Gasteiger partial charge on any atom is -0.340 e. The van der Waals surface area contributed by atoms with Gasteiger partial charge in [-0.1, -0.05) is 25.1 Å². The van der Waals surface area contributed by atoms with Crippen molar-refractivity contribution in [2.45, 2.75) is 26.3 Å². The van der Waals surface area contributed by atoms with Gasteiger partial charge in [0.1, 0.15) is 17.0 Å². The van der Waals surface area contributed by atoms with Crippen molar-refractivity contribution in [3.63, 3.8) is 0 Å². The molecular formula is C18H18N4OS. The molecule has 0 saturated heterocycles. The Hall–Kier alpha value is -2.47. The first-order valence-corrected chi connectivity index (χ1v) is 8.93. The number of carbonyl (C=O) groups is 1. The van der Waals surface area contributed by atoms with Crippen LogP contribution < -0.4 is 5.32 Å². The van der Waals surface area contributed by atoms with E-state index < -0.39 is 0 Å². The van der Waals surface area contributed by atoms with E-state index in [2.05, 4.69) is 15.3 Å². The molecule has 5 nitrogen and oxygen atoms in total. The van der Waals surface area contributed by atoms with Crippen LogP contribution in [0.4, 0.5) is 11.5 Å². The summed E-state index contributed by atoms with van der Waals surface area (Å²) in [5.74, 6) is 1.06. The van der Waals surface area contributed by atoms with Crippen molar-refractivity contribution in [2.24, 2.45) is 0 Å². The molecule has 1 amide bonds. The Kier molecular flexibility index (Phi) is 3.90. The second-order valence-corrected chi connectivity index (χ2v) is 6.90. The third-order valence-corrected chi connectivity index (χ3v) is 5.45. The van der Waals surface area contributed by atoms with Crippen LogP contribution in [0, 0.1) is 0 Å². The SMILES string of the molecule is CCC(=O)N1CCc2c(sc3ncnc(Nc4ccccc4)c23)C1. The molecule has 0 fully saturated rings. The van der Waals surface area contributed by atoms with Gasteiger partial charge < -0.3 is 10.2 Å². The van der Waals surface area contributed by atoms with E-state index in [1.165, 1.54) is 10.4 Å². The van der Waals surface area contributed by atoms with Crippen LogP contribution in [0.15, 0.2) is 36.7 Å². The second-order valence-electron chi connectivity index (χ2n) is 5.82. The monoisotopic (exact) mass is 338 g/mol. The van der Waals surface area contributed by atoms with Gasteiger partial charge in [-0.25, -0.2) is 9.97 Å². The van der Waals surface area contributed by atoms with Gasteiger partial charge in [-0.2, -0.15) is 0 Å². The van der Waals surface area contributed by atoms with Crippen LogP contribution in [0.2, 0.25) is 0 Å². The third-order valence-electron chi connectivity index (χ3n) is 4.33. The standard InChI is InChI=1S/C18H18N4OS/c1-2-15(23)22-9-8-13-14(10-22)24-18-16(13)17(19-11-20-18)21-12-6-4-3-5-7-12/h3-7,11H,2,8-10H2,1H3,(H,19,20,21). The molecule has 0 atom stereocenters. The maximum Gasteiger partial charge on any atom is 0.222 e. The van der Waals surface area contributed by atoms with Crippen molar-refractivity contribution in [3.05, 3.63) is 47.1 Å². The average molecular weight is 338 g/mol. The highest BCUT2D eigenvalue weighted by molar-refractivity contribution is 7.19. The lowest BCUT2D eigenvalue weighted by atomic mass is 10.0. The lowest BCUT2D eigenvalue weighted by Crippen LogP contribution is -2.34. The number of aromatic nitrogens is 2. The number of rotatable bonds is 3. The highest BCUT2D eigenvalue weighted by atomic mass is 32.1. The average Bonchev–Trinajstić information content (AvgIpc) is 3.00. The lowest BCUT2D eigenvalue weighted by Gasteiger charge is -2.26. The summed E-state index contributed by atoms with van der Waals surface area (Å²) in [4.78, 5) is 25.0. The zero-order chi connectivity index (χ0) is 16.5. The zero-order valence-electron chi connectivity index (χ0n) is 13.5. The summed E-state index contributed by atoms with van der Waals surface area (Å²) in [7, 11) is 0. The van der Waals surface area contributed by atoms with Crippen LogP contribution in [-0.2, 0) is 17.8 Å². The Morgan fingerprint density at radius 2 is 2.12 bits per heavy atom. The van der Waals surface area contributed by atoms with Gasteiger partial charge >= 0.3 is 0 Å². The summed E-state index contributed by atoms with van der Waals surface area (Å²) < 4.78 is 0. The molecule has 0 spiro atoms. The van der Waals surface area contributed by atoms with E-state index in [9.17, 15) is 4.79 Å². The predicted molar refractivity (Wildman–Crippen MR) is 96.6 cm³/mol. The van der Waals surface area contributed by atoms with Crippen LogP contribution in [0.25, 0.3) is 10.2 Å². The zero-order valence-corrected chi connectivity index (χ0v) is 14.3. The molecule has 0 radical (unpaired) electrons. The Balaban J connectivity index is 1.73. The van der Waals surface area contributed by atoms with E-state index in [1.54, 1.807) is 17.7 Å². The molecule has 2 aromatic heterocycles. The van der Waals surface area contributed by atoms with Gasteiger partial charge in [-0.05, 0) is 24.1 Å². The summed E-state index contributed by atoms with van der Waals surface area (Å²) in [6, 6.07) is 10.0. The number of nitrogens with one attached hydrogen (secondary N) is 1. The molecule has 3 aromatic rings. The minimum atomic E-state index is 0.215. The Morgan fingerprint density at radius 1 is 1.29 bits per heavy atom. The maximum absolute atomic E-state index is 12.0. The number of hydrogen-bond donors (Lipinski definition) is 1. The summed E-state index contributed by atoms with van der Waals surface area (Å²) in [6.07, 6.45) is 3.02. The van der Waals surface area contributed by atoms with Crippen molar-refractivity contribution in [3.8, 4) is 0 Å². The summed E-state index contributed by atoms with van der Waals surface area (Å²) in [6.45, 7) is 3.37. The van der Waals surface area contributed by atoms with Crippen LogP contribution in [-0.4, -0.2) is 27.3 Å². The van der Waals surface area contributed by atoms with Crippen LogP contribution in [0.5, 0.6) is 0 Å². The van der Waals surface area contributed by atoms with Gasteiger partial charge in [0.15, 0.2) is 0 Å². The van der Waals surface area contributed by atoms with Crippen LogP contribution in [0.3, 0.4) is 0 Å². The molecule has 1 aromatic carbocycles. The van der Waals surface area contributed by atoms with Crippen LogP contribution >= 0.6 is 11.3 Å². The molecular weight excluding hydrogens is 320 g/mol. The molecule has 1 N–H and O–H groups in total. The molecule has 1 aliphatic rings. The first-order chi connectivity index (χ1) is 11.8. The van der Waals surface area contributed by atoms with Crippen molar-refractivity contribution in [1.82, 2.24) is 14.9 Å². The number of fused-ring (bicyclic) bond motifs is 3. The fraction of sp³-hybridized carbons (Fsp3) is 0.278. The molecule has 6 heteroatoms. The maximum atomic E-state index is 12.0. The Bertz CT molecular complexity index is 891. The summed E-state index contributed by atoms with van der Waals surface area (Å²) in [5.41, 5.74) is 2.30. The van der Waals surface area contributed by atoms with Gasteiger partial charge in [0.25, 0.3) is 0 Å². The Morgan fingerprint density at radius 3 is 2.92 bits per heavy atom. The van der Waals surface area contributed by atoms with Crippen molar-refractivity contribution >= 4 is 39.0 Å². The third kappa shape index (κ3) is 2.63. The van der Waals surface area contributed by atoms with Gasteiger partial charge in [-0.3, -0.25) is 4.79 Å². The number of thiophene rings is 1. The van der Waals surface area contributed by atoms with Crippen LogP contribution in [0.1, 0.15) is 23.8 Å². The van der Waals surface area contributed by atoms with E-state index in [-0.39, 0.29) is 5.91 Å². The van der Waals surface area contributed by atoms with E-state index in [1.807, 2.05) is 42.2 Å². The quantitative estimate of drug-likeness (QED) is 0.790. The number of nitrogens with zero attached hydrogens (tertiary/aromatic N) is 3. The predicted octanol–water partition coefficient (Wildman–Crippen LogP) is 3.73. The highest BCUT2D eigenvalue weighted by Gasteiger charge is 2.25. The highest BCUT2D eigenvalue weighted by Crippen LogP contribution is 2.38. The van der Waals surface area contributed by atoms with E-state index in [4.69, 9.17) is 0 Å². The van der Waals surface area contributed by atoms with Gasteiger partial charge in [0.2, 0.25) is 5.91 Å². The van der Waals surface area contributed by atoms with Crippen molar-refractivity contribution < 1.29 is 4.79 Å². The number of benzene rings is 1. The number of amides is 1. The topological polar surface area (TPSA) is 58.1 Å². The number of para-hydroxylation sites is 1. The van der Waals surface area contributed by atoms with Crippen molar-refractivity contribution in [2.75, 3.05) is 11.9 Å². The largest absolute Gasteiger partial charge is 0.340 e. The van der Waals surface area contributed by atoms with Gasteiger partial charge in [0.05, 0.1) is 11.9 Å². The molecule has 24 heavy (non-hydrogen) atoms. The second kappa shape index (κ2) is 6.20. The Labute approximate surface area is 144 Å². The fourth-order valence-electron chi connectivity index (χ4n) is 3.12. The van der Waals surface area contributed by atoms with Gasteiger partial charge in [-0.15, -0.1) is 11.3 Å². The fourth-order valence-corrected chi connectivity index (χ4v) is 4.32. The summed E-state index contributed by atoms with van der Waals surface area (Å²) in [5, 5.41) is 4.51. The van der Waals surface area contributed by atoms with E-state index in [0.29, 0.717) is 13.0 Å². The molecule has 0 aliphatic carbocycles. The van der Waals surface area contributed by atoms with Crippen molar-refractivity contribution in [1.29, 1.82) is 0 Å². The molecule has 3 heterocycles. The molecule has 0 bridgehead atoms. The van der Waals surface area contributed by atoms with E-state index in [0.717, 1.165) is 34.7 Å². The molecule has 1 aliphatic heterocycles. The molecule has 4 rings (SSSR count). The normalized spacial score (nSPS) is 13.8. The molecule has 0 saturated carbocycles. The molecule has 122 valence electrons. The smallest absolute Gasteiger partial charge is 0.222 e. The van der Waals surface area contributed by atoms with E-state index >= 15 is 0 Å². The number of hydrogen-bond acceptors (Lipinski definition) is 5. The minimum absolute atomic E-state index is 0.215. The number of anilines is 2. The summed E-state index contributed by atoms with van der Waals surface area (Å²) >= 11 is 1.67. The van der Waals surface area contributed by atoms with Gasteiger partial charge in [0, 0.05) is 23.5 Å². The first-order valence-electron chi connectivity index (χ1n) is 8.11. The number of carbonyl (C=O) groups excluding carboxylic acids is 1. The molecule has 0 unspecified atom stereocenters. The lowest BCUT2D eigenvalue weighted by molar-refractivity contribution is -0.131. The first kappa shape index (κ1) is 15.1.